The van der Waals surface area contributed by atoms with Crippen LogP contribution in [0.5, 0.6) is 0 Å². The van der Waals surface area contributed by atoms with Crippen LogP contribution in [0.4, 0.5) is 22.0 Å². The normalized spacial score (nSPS) is 10.4. The average Bonchev–Trinajstić information content (AvgIpc) is 2.57. The number of carbonyl (C=O) groups is 1. The van der Waals surface area contributed by atoms with Crippen molar-refractivity contribution in [3.8, 4) is 0 Å². The third-order valence-corrected chi connectivity index (χ3v) is 3.53. The molecule has 0 aliphatic rings. The molecule has 0 saturated carbocycles. The zero-order chi connectivity index (χ0) is 16.9. The predicted octanol–water partition coefficient (Wildman–Crippen LogP) is 3.82. The van der Waals surface area contributed by atoms with E-state index in [2.05, 4.69) is 25.9 Å². The number of anilines is 3. The summed E-state index contributed by atoms with van der Waals surface area (Å²) < 4.78 is 0. The first kappa shape index (κ1) is 15.7. The van der Waals surface area contributed by atoms with E-state index < -0.39 is 0 Å². The highest BCUT2D eigenvalue weighted by Crippen LogP contribution is 2.27. The lowest BCUT2D eigenvalue weighted by molar-refractivity contribution is 0.252. The Bertz CT molecular complexity index is 861. The molecule has 1 aromatic carbocycles. The number of urea groups is 1. The maximum atomic E-state index is 11.6. The van der Waals surface area contributed by atoms with Gasteiger partial charge in [0.25, 0.3) is 0 Å². The molecule has 0 aliphatic carbocycles. The van der Waals surface area contributed by atoms with Gasteiger partial charge < -0.3 is 10.6 Å². The number of hydrogen-bond acceptors (Lipinski definition) is 4. The van der Waals surface area contributed by atoms with E-state index in [9.17, 15) is 4.79 Å². The van der Waals surface area contributed by atoms with Gasteiger partial charge in [0.2, 0.25) is 0 Å². The van der Waals surface area contributed by atoms with Gasteiger partial charge in [-0.05, 0) is 43.5 Å². The summed E-state index contributed by atoms with van der Waals surface area (Å²) in [6.07, 6.45) is 3.55. The highest BCUT2D eigenvalue weighted by Gasteiger charge is 2.06. The molecule has 24 heavy (non-hydrogen) atoms. The summed E-state index contributed by atoms with van der Waals surface area (Å²) in [4.78, 5) is 20.2. The Labute approximate surface area is 140 Å². The molecular weight excluding hydrogens is 302 g/mol. The van der Waals surface area contributed by atoms with Crippen LogP contribution < -0.4 is 16.0 Å². The monoisotopic (exact) mass is 321 g/mol. The SMILES string of the molecule is CCNC(=O)Nc1cc2cccc(Nc3ccc(C)nc3)c2cn1. The van der Waals surface area contributed by atoms with Gasteiger partial charge in [-0.25, -0.2) is 9.78 Å². The van der Waals surface area contributed by atoms with E-state index in [4.69, 9.17) is 0 Å². The van der Waals surface area contributed by atoms with Crippen molar-refractivity contribution in [3.63, 3.8) is 0 Å². The summed E-state index contributed by atoms with van der Waals surface area (Å²) in [7, 11) is 0. The molecule has 3 aromatic rings. The van der Waals surface area contributed by atoms with Crippen LogP contribution in [0.1, 0.15) is 12.6 Å². The minimum atomic E-state index is -0.260. The van der Waals surface area contributed by atoms with Crippen molar-refractivity contribution in [2.45, 2.75) is 13.8 Å². The largest absolute Gasteiger partial charge is 0.354 e. The highest BCUT2D eigenvalue weighted by molar-refractivity contribution is 5.97. The van der Waals surface area contributed by atoms with Crippen LogP contribution in [0.15, 0.2) is 48.8 Å². The summed E-state index contributed by atoms with van der Waals surface area (Å²) in [5.41, 5.74) is 2.83. The van der Waals surface area contributed by atoms with Crippen molar-refractivity contribution in [1.82, 2.24) is 15.3 Å². The third kappa shape index (κ3) is 3.60. The van der Waals surface area contributed by atoms with E-state index in [1.165, 1.54) is 0 Å². The summed E-state index contributed by atoms with van der Waals surface area (Å²) in [6.45, 7) is 4.39. The molecule has 2 amide bonds. The van der Waals surface area contributed by atoms with Crippen LogP contribution in [0.25, 0.3) is 10.8 Å². The fourth-order valence-electron chi connectivity index (χ4n) is 2.37. The quantitative estimate of drug-likeness (QED) is 0.682. The Kier molecular flexibility index (Phi) is 4.56. The Morgan fingerprint density at radius 1 is 1.12 bits per heavy atom. The second-order valence-electron chi connectivity index (χ2n) is 5.39. The number of hydrogen-bond donors (Lipinski definition) is 3. The Morgan fingerprint density at radius 2 is 2.00 bits per heavy atom. The van der Waals surface area contributed by atoms with Gasteiger partial charge >= 0.3 is 6.03 Å². The van der Waals surface area contributed by atoms with Gasteiger partial charge in [-0.2, -0.15) is 0 Å². The van der Waals surface area contributed by atoms with E-state index in [1.54, 1.807) is 12.4 Å². The summed E-state index contributed by atoms with van der Waals surface area (Å²) >= 11 is 0. The molecule has 3 rings (SSSR count). The number of amides is 2. The van der Waals surface area contributed by atoms with Crippen LogP contribution in [-0.4, -0.2) is 22.5 Å². The maximum absolute atomic E-state index is 11.6. The van der Waals surface area contributed by atoms with Crippen molar-refractivity contribution in [3.05, 3.63) is 54.5 Å². The number of carbonyl (C=O) groups excluding carboxylic acids is 1. The lowest BCUT2D eigenvalue weighted by Gasteiger charge is -2.11. The number of aryl methyl sites for hydroxylation is 1. The van der Waals surface area contributed by atoms with E-state index in [-0.39, 0.29) is 6.03 Å². The van der Waals surface area contributed by atoms with Crippen LogP contribution in [0.2, 0.25) is 0 Å². The number of pyridine rings is 2. The van der Waals surface area contributed by atoms with Gasteiger partial charge in [0.1, 0.15) is 5.82 Å². The first-order valence-corrected chi connectivity index (χ1v) is 7.79. The van der Waals surface area contributed by atoms with Gasteiger partial charge in [-0.1, -0.05) is 12.1 Å². The van der Waals surface area contributed by atoms with Crippen molar-refractivity contribution in [1.29, 1.82) is 0 Å². The number of fused-ring (bicyclic) bond motifs is 1. The fourth-order valence-corrected chi connectivity index (χ4v) is 2.37. The Hall–Kier alpha value is -3.15. The second kappa shape index (κ2) is 6.95. The molecule has 0 unspecified atom stereocenters. The molecule has 0 aliphatic heterocycles. The van der Waals surface area contributed by atoms with Crippen molar-refractivity contribution < 1.29 is 4.79 Å². The maximum Gasteiger partial charge on any atom is 0.320 e. The lowest BCUT2D eigenvalue weighted by Crippen LogP contribution is -2.28. The van der Waals surface area contributed by atoms with Crippen LogP contribution >= 0.6 is 0 Å². The third-order valence-electron chi connectivity index (χ3n) is 3.53. The molecule has 0 fully saturated rings. The van der Waals surface area contributed by atoms with Crippen LogP contribution in [0.3, 0.4) is 0 Å². The molecule has 3 N–H and O–H groups in total. The number of nitrogens with zero attached hydrogens (tertiary/aromatic N) is 2. The van der Waals surface area contributed by atoms with Crippen molar-refractivity contribution in [2.75, 3.05) is 17.2 Å². The average molecular weight is 321 g/mol. The van der Waals surface area contributed by atoms with Crippen molar-refractivity contribution in [2.24, 2.45) is 0 Å². The molecule has 2 heterocycles. The smallest absolute Gasteiger partial charge is 0.320 e. The first-order valence-electron chi connectivity index (χ1n) is 7.79. The second-order valence-corrected chi connectivity index (χ2v) is 5.39. The molecular formula is C18H19N5O. The Balaban J connectivity index is 1.87. The first-order chi connectivity index (χ1) is 11.7. The van der Waals surface area contributed by atoms with E-state index in [1.807, 2.05) is 50.2 Å². The molecule has 0 spiro atoms. The van der Waals surface area contributed by atoms with E-state index in [0.717, 1.165) is 27.8 Å². The molecule has 2 aromatic heterocycles. The topological polar surface area (TPSA) is 78.9 Å². The molecule has 6 nitrogen and oxygen atoms in total. The van der Waals surface area contributed by atoms with E-state index >= 15 is 0 Å². The molecule has 0 saturated heterocycles. The van der Waals surface area contributed by atoms with Gasteiger partial charge in [0.05, 0.1) is 11.9 Å². The fraction of sp³-hybridized carbons (Fsp3) is 0.167. The number of nitrogens with one attached hydrogen (secondary N) is 3. The molecule has 0 radical (unpaired) electrons. The molecule has 6 heteroatoms. The molecule has 122 valence electrons. The lowest BCUT2D eigenvalue weighted by atomic mass is 10.1. The van der Waals surface area contributed by atoms with E-state index in [0.29, 0.717) is 12.4 Å². The zero-order valence-corrected chi connectivity index (χ0v) is 13.6. The summed E-state index contributed by atoms with van der Waals surface area (Å²) in [5, 5.41) is 10.7. The Morgan fingerprint density at radius 3 is 2.75 bits per heavy atom. The summed E-state index contributed by atoms with van der Waals surface area (Å²) in [6, 6.07) is 11.5. The molecule has 0 bridgehead atoms. The number of benzene rings is 1. The highest BCUT2D eigenvalue weighted by atomic mass is 16.2. The number of aromatic nitrogens is 2. The minimum Gasteiger partial charge on any atom is -0.354 e. The zero-order valence-electron chi connectivity index (χ0n) is 13.6. The minimum absolute atomic E-state index is 0.260. The van der Waals surface area contributed by atoms with Crippen LogP contribution in [-0.2, 0) is 0 Å². The summed E-state index contributed by atoms with van der Waals surface area (Å²) in [5.74, 6) is 0.516. The standard InChI is InChI=1S/C18H19N5O/c1-3-19-18(24)23-17-9-13-5-4-6-16(15(13)11-21-17)22-14-8-7-12(2)20-10-14/h4-11,22H,3H2,1-2H3,(H2,19,21,23,24). The van der Waals surface area contributed by atoms with Gasteiger partial charge in [0, 0.05) is 29.5 Å². The predicted molar refractivity (Wildman–Crippen MR) is 96.7 cm³/mol. The molecule has 0 atom stereocenters. The van der Waals surface area contributed by atoms with Crippen molar-refractivity contribution >= 4 is 34.0 Å². The van der Waals surface area contributed by atoms with Gasteiger partial charge in [-0.15, -0.1) is 0 Å². The number of rotatable bonds is 4. The van der Waals surface area contributed by atoms with Gasteiger partial charge in [-0.3, -0.25) is 10.3 Å². The van der Waals surface area contributed by atoms with Gasteiger partial charge in [0.15, 0.2) is 0 Å². The van der Waals surface area contributed by atoms with Crippen LogP contribution in [0, 0.1) is 6.92 Å².